The van der Waals surface area contributed by atoms with Gasteiger partial charge in [0, 0.05) is 6.16 Å². The van der Waals surface area contributed by atoms with Gasteiger partial charge in [0.15, 0.2) is 0 Å². The zero-order chi connectivity index (χ0) is 17.5. The van der Waals surface area contributed by atoms with Gasteiger partial charge in [0.05, 0.1) is 14.2 Å². The lowest BCUT2D eigenvalue weighted by atomic mass is 9.71. The topological polar surface area (TPSA) is 46.5 Å². The molecule has 0 saturated carbocycles. The van der Waals surface area contributed by atoms with E-state index in [1.165, 1.54) is 0 Å². The average molecular weight is 350 g/mol. The molecule has 0 aromatic heterocycles. The molecule has 1 unspecified atom stereocenters. The zero-order valence-electron chi connectivity index (χ0n) is 13.6. The van der Waals surface area contributed by atoms with Crippen LogP contribution in [0.4, 0.5) is 4.79 Å². The van der Waals surface area contributed by atoms with E-state index in [0.29, 0.717) is 6.16 Å². The van der Waals surface area contributed by atoms with Gasteiger partial charge >= 0.3 is 6.16 Å². The molecule has 0 bridgehead atoms. The number of carbonyl (C=O) groups is 1. The van der Waals surface area contributed by atoms with Gasteiger partial charge in [-0.3, -0.25) is 0 Å². The second-order valence-electron chi connectivity index (χ2n) is 5.69. The SMILES string of the molecule is O=C(O)OPCC(c1ccccc1)(c1ccccc1)c1ccccc1. The summed E-state index contributed by atoms with van der Waals surface area (Å²) in [6.07, 6.45) is -0.682. The number of rotatable bonds is 6. The summed E-state index contributed by atoms with van der Waals surface area (Å²) in [7, 11) is -0.159. The number of hydrogen-bond donors (Lipinski definition) is 1. The third kappa shape index (κ3) is 3.72. The molecule has 0 spiro atoms. The van der Waals surface area contributed by atoms with Crippen LogP contribution < -0.4 is 0 Å². The van der Waals surface area contributed by atoms with E-state index in [-0.39, 0.29) is 8.81 Å². The molecule has 4 heteroatoms. The van der Waals surface area contributed by atoms with Crippen molar-refractivity contribution in [3.05, 3.63) is 108 Å². The Morgan fingerprint density at radius 2 is 1.12 bits per heavy atom. The lowest BCUT2D eigenvalue weighted by Crippen LogP contribution is -2.32. The summed E-state index contributed by atoms with van der Waals surface area (Å²) in [5.41, 5.74) is 2.90. The van der Waals surface area contributed by atoms with Crippen molar-refractivity contribution in [2.45, 2.75) is 5.41 Å². The van der Waals surface area contributed by atoms with Gasteiger partial charge in [-0.05, 0) is 16.7 Å². The van der Waals surface area contributed by atoms with Gasteiger partial charge in [0.2, 0.25) is 0 Å². The maximum Gasteiger partial charge on any atom is 0.508 e. The highest BCUT2D eigenvalue weighted by molar-refractivity contribution is 7.33. The molecule has 0 fully saturated rings. The average Bonchev–Trinajstić information content (AvgIpc) is 2.67. The van der Waals surface area contributed by atoms with Crippen molar-refractivity contribution in [1.82, 2.24) is 0 Å². The summed E-state index contributed by atoms with van der Waals surface area (Å²) >= 11 is 0. The lowest BCUT2D eigenvalue weighted by molar-refractivity contribution is 0.151. The fourth-order valence-corrected chi connectivity index (χ4v) is 4.20. The minimum atomic E-state index is -1.23. The molecule has 3 aromatic rings. The highest BCUT2D eigenvalue weighted by Crippen LogP contribution is 2.43. The van der Waals surface area contributed by atoms with E-state index in [1.54, 1.807) is 0 Å². The molecule has 0 radical (unpaired) electrons. The Bertz CT molecular complexity index is 708. The Kier molecular flexibility index (Phi) is 5.47. The minimum absolute atomic E-state index is 0.159. The van der Waals surface area contributed by atoms with Crippen LogP contribution in [0.2, 0.25) is 0 Å². The molecular weight excluding hydrogens is 331 g/mol. The quantitative estimate of drug-likeness (QED) is 0.484. The van der Waals surface area contributed by atoms with Crippen LogP contribution in [0.5, 0.6) is 0 Å². The van der Waals surface area contributed by atoms with E-state index in [2.05, 4.69) is 36.4 Å². The van der Waals surface area contributed by atoms with Gasteiger partial charge in [-0.2, -0.15) is 0 Å². The predicted octanol–water partition coefficient (Wildman–Crippen LogP) is 5.31. The number of benzene rings is 3. The maximum absolute atomic E-state index is 10.9. The molecular formula is C21H19O3P. The van der Waals surface area contributed by atoms with Crippen molar-refractivity contribution in [1.29, 1.82) is 0 Å². The van der Waals surface area contributed by atoms with Crippen LogP contribution in [0.3, 0.4) is 0 Å². The third-order valence-corrected chi connectivity index (χ3v) is 5.29. The van der Waals surface area contributed by atoms with Crippen LogP contribution in [-0.2, 0) is 9.94 Å². The molecule has 3 aromatic carbocycles. The van der Waals surface area contributed by atoms with Gasteiger partial charge in [0.1, 0.15) is 0 Å². The van der Waals surface area contributed by atoms with Crippen molar-refractivity contribution in [3.63, 3.8) is 0 Å². The van der Waals surface area contributed by atoms with Crippen molar-refractivity contribution < 1.29 is 14.4 Å². The van der Waals surface area contributed by atoms with Crippen molar-refractivity contribution >= 4 is 15.0 Å². The molecule has 0 aliphatic carbocycles. The summed E-state index contributed by atoms with van der Waals surface area (Å²) in [4.78, 5) is 10.9. The first kappa shape index (κ1) is 17.2. The van der Waals surface area contributed by atoms with Crippen LogP contribution in [0.15, 0.2) is 91.0 Å². The highest BCUT2D eigenvalue weighted by atomic mass is 31.1. The standard InChI is InChI=1S/C21H19O3P/c22-20(23)24-25-16-21(17-10-4-1-5-11-17,18-12-6-2-7-13-18)19-14-8-3-9-15-19/h1-15,25H,16H2,(H,22,23). The Morgan fingerprint density at radius 1 is 0.760 bits per heavy atom. The second kappa shape index (κ2) is 7.96. The summed E-state index contributed by atoms with van der Waals surface area (Å²) in [6, 6.07) is 30.6. The molecule has 0 aliphatic rings. The van der Waals surface area contributed by atoms with E-state index >= 15 is 0 Å². The molecule has 0 amide bonds. The first-order valence-electron chi connectivity index (χ1n) is 8.03. The van der Waals surface area contributed by atoms with Gasteiger partial charge in [0.25, 0.3) is 0 Å². The second-order valence-corrected chi connectivity index (χ2v) is 6.54. The van der Waals surface area contributed by atoms with Crippen LogP contribution in [0.25, 0.3) is 0 Å². The number of hydrogen-bond acceptors (Lipinski definition) is 2. The first-order chi connectivity index (χ1) is 12.2. The van der Waals surface area contributed by atoms with Crippen LogP contribution in [0.1, 0.15) is 16.7 Å². The molecule has 3 rings (SSSR count). The van der Waals surface area contributed by atoms with E-state index in [0.717, 1.165) is 16.7 Å². The largest absolute Gasteiger partial charge is 0.508 e. The smallest absolute Gasteiger partial charge is 0.450 e. The molecule has 25 heavy (non-hydrogen) atoms. The number of carboxylic acid groups (broad SMARTS) is 1. The van der Waals surface area contributed by atoms with Gasteiger partial charge in [-0.25, -0.2) is 4.79 Å². The highest BCUT2D eigenvalue weighted by Gasteiger charge is 2.36. The maximum atomic E-state index is 10.9. The summed E-state index contributed by atoms with van der Waals surface area (Å²) in [5.74, 6) is 0. The van der Waals surface area contributed by atoms with Crippen molar-refractivity contribution in [2.75, 3.05) is 6.16 Å². The molecule has 0 saturated heterocycles. The van der Waals surface area contributed by atoms with Crippen LogP contribution in [-0.4, -0.2) is 17.4 Å². The lowest BCUT2D eigenvalue weighted by Gasteiger charge is -2.35. The van der Waals surface area contributed by atoms with Crippen molar-refractivity contribution in [3.8, 4) is 0 Å². The third-order valence-electron chi connectivity index (χ3n) is 4.30. The fourth-order valence-electron chi connectivity index (χ4n) is 3.18. The van der Waals surface area contributed by atoms with E-state index in [4.69, 9.17) is 9.63 Å². The molecule has 0 aliphatic heterocycles. The molecule has 0 heterocycles. The van der Waals surface area contributed by atoms with Gasteiger partial charge < -0.3 is 9.63 Å². The molecule has 126 valence electrons. The summed E-state index contributed by atoms with van der Waals surface area (Å²) in [6.45, 7) is 0. The Balaban J connectivity index is 2.18. The summed E-state index contributed by atoms with van der Waals surface area (Å²) < 4.78 is 4.91. The summed E-state index contributed by atoms with van der Waals surface area (Å²) in [5, 5.41) is 8.91. The zero-order valence-corrected chi connectivity index (χ0v) is 14.6. The van der Waals surface area contributed by atoms with Gasteiger partial charge in [-0.1, -0.05) is 91.0 Å². The Labute approximate surface area is 149 Å². The monoisotopic (exact) mass is 350 g/mol. The van der Waals surface area contributed by atoms with Gasteiger partial charge in [-0.15, -0.1) is 0 Å². The minimum Gasteiger partial charge on any atom is -0.450 e. The molecule has 3 nitrogen and oxygen atoms in total. The van der Waals surface area contributed by atoms with E-state index in [1.807, 2.05) is 54.6 Å². The van der Waals surface area contributed by atoms with Crippen molar-refractivity contribution in [2.24, 2.45) is 0 Å². The van der Waals surface area contributed by atoms with Crippen LogP contribution >= 0.6 is 8.81 Å². The molecule has 1 N–H and O–H groups in total. The molecule has 1 atom stereocenters. The van der Waals surface area contributed by atoms with E-state index < -0.39 is 11.6 Å². The van der Waals surface area contributed by atoms with E-state index in [9.17, 15) is 4.79 Å². The predicted molar refractivity (Wildman–Crippen MR) is 101 cm³/mol. The van der Waals surface area contributed by atoms with Crippen LogP contribution in [0, 0.1) is 0 Å². The Morgan fingerprint density at radius 3 is 1.44 bits per heavy atom. The fraction of sp³-hybridized carbons (Fsp3) is 0.0952. The Hall–Kier alpha value is -2.64. The first-order valence-corrected chi connectivity index (χ1v) is 9.14. The normalized spacial score (nSPS) is 11.5.